The summed E-state index contributed by atoms with van der Waals surface area (Å²) in [5.41, 5.74) is 3.68. The summed E-state index contributed by atoms with van der Waals surface area (Å²) in [7, 11) is 1.64. The summed E-state index contributed by atoms with van der Waals surface area (Å²) in [6, 6.07) is 10.6. The number of carbonyl (C=O) groups excluding carboxylic acids is 1. The van der Waals surface area contributed by atoms with E-state index >= 15 is 0 Å². The number of rotatable bonds is 6. The second-order valence-electron chi connectivity index (χ2n) is 8.40. The number of piperidine rings is 1. The molecule has 0 N–H and O–H groups in total. The largest absolute Gasteiger partial charge is 0.384 e. The van der Waals surface area contributed by atoms with Crippen LogP contribution in [0.3, 0.4) is 0 Å². The molecule has 0 aliphatic carbocycles. The predicted molar refractivity (Wildman–Crippen MR) is 118 cm³/mol. The maximum atomic E-state index is 12.5. The van der Waals surface area contributed by atoms with Gasteiger partial charge in [-0.3, -0.25) is 4.79 Å². The predicted octanol–water partition coefficient (Wildman–Crippen LogP) is 3.48. The third-order valence-electron chi connectivity index (χ3n) is 6.24. The number of hydrogen-bond donors (Lipinski definition) is 0. The summed E-state index contributed by atoms with van der Waals surface area (Å²) in [6.07, 6.45) is 4.65. The lowest BCUT2D eigenvalue weighted by Crippen LogP contribution is -2.40. The van der Waals surface area contributed by atoms with E-state index in [1.807, 2.05) is 4.90 Å². The first-order valence-corrected chi connectivity index (χ1v) is 11.1. The monoisotopic (exact) mass is 408 g/mol. The Morgan fingerprint density at radius 1 is 1.17 bits per heavy atom. The first-order valence-electron chi connectivity index (χ1n) is 11.1. The molecule has 1 amide bonds. The standard InChI is InChI=1S/C24H32N4O2/c1-18-21-11-7-14-28(16-19-8-4-3-5-9-19)24(21)26-23(25-18)20-10-6-13-27(17-20)22(29)12-15-30-2/h3-5,8-9,20H,6-7,10-17H2,1-2H3/t20-/m1/s1. The number of methoxy groups -OCH3 is 1. The highest BCUT2D eigenvalue weighted by Crippen LogP contribution is 2.32. The molecule has 1 aromatic heterocycles. The molecule has 2 aromatic rings. The van der Waals surface area contributed by atoms with Crippen molar-refractivity contribution in [2.75, 3.05) is 38.3 Å². The lowest BCUT2D eigenvalue weighted by molar-refractivity contribution is -0.133. The highest BCUT2D eigenvalue weighted by Gasteiger charge is 2.29. The maximum Gasteiger partial charge on any atom is 0.224 e. The highest BCUT2D eigenvalue weighted by molar-refractivity contribution is 5.76. The summed E-state index contributed by atoms with van der Waals surface area (Å²) >= 11 is 0. The number of benzene rings is 1. The number of aromatic nitrogens is 2. The minimum Gasteiger partial charge on any atom is -0.384 e. The fraction of sp³-hybridized carbons (Fsp3) is 0.542. The van der Waals surface area contributed by atoms with Crippen molar-refractivity contribution in [3.8, 4) is 0 Å². The van der Waals surface area contributed by atoms with Crippen molar-refractivity contribution in [1.29, 1.82) is 0 Å². The molecule has 0 radical (unpaired) electrons. The average molecular weight is 409 g/mol. The molecule has 160 valence electrons. The Bertz CT molecular complexity index is 871. The van der Waals surface area contributed by atoms with E-state index in [9.17, 15) is 4.79 Å². The molecule has 2 aliphatic heterocycles. The van der Waals surface area contributed by atoms with Crippen LogP contribution in [0.1, 0.15) is 54.2 Å². The van der Waals surface area contributed by atoms with E-state index in [0.29, 0.717) is 19.6 Å². The van der Waals surface area contributed by atoms with E-state index in [0.717, 1.165) is 62.7 Å². The number of likely N-dealkylation sites (tertiary alicyclic amines) is 1. The lowest BCUT2D eigenvalue weighted by atomic mass is 9.95. The first kappa shape index (κ1) is 20.8. The van der Waals surface area contributed by atoms with Gasteiger partial charge in [-0.25, -0.2) is 9.97 Å². The molecule has 0 bridgehead atoms. The van der Waals surface area contributed by atoms with Crippen molar-refractivity contribution in [3.63, 3.8) is 0 Å². The summed E-state index contributed by atoms with van der Waals surface area (Å²) in [6.45, 7) is 6.01. The minimum absolute atomic E-state index is 0.168. The maximum absolute atomic E-state index is 12.5. The molecule has 3 heterocycles. The fourth-order valence-corrected chi connectivity index (χ4v) is 4.61. The van der Waals surface area contributed by atoms with Crippen LogP contribution in [0, 0.1) is 6.92 Å². The lowest BCUT2D eigenvalue weighted by Gasteiger charge is -2.34. The smallest absolute Gasteiger partial charge is 0.224 e. The molecule has 0 spiro atoms. The summed E-state index contributed by atoms with van der Waals surface area (Å²) < 4.78 is 5.08. The van der Waals surface area contributed by atoms with Gasteiger partial charge in [0, 0.05) is 50.5 Å². The quantitative estimate of drug-likeness (QED) is 0.732. The number of anilines is 1. The van der Waals surface area contributed by atoms with Crippen LogP contribution in [-0.2, 0) is 22.5 Å². The zero-order valence-corrected chi connectivity index (χ0v) is 18.1. The van der Waals surface area contributed by atoms with Gasteiger partial charge < -0.3 is 14.5 Å². The van der Waals surface area contributed by atoms with E-state index in [-0.39, 0.29) is 11.8 Å². The molecule has 1 aromatic carbocycles. The number of nitrogens with zero attached hydrogens (tertiary/aromatic N) is 4. The van der Waals surface area contributed by atoms with Crippen molar-refractivity contribution >= 4 is 11.7 Å². The van der Waals surface area contributed by atoms with Crippen LogP contribution in [0.2, 0.25) is 0 Å². The van der Waals surface area contributed by atoms with Crippen molar-refractivity contribution in [2.45, 2.75) is 51.5 Å². The summed E-state index contributed by atoms with van der Waals surface area (Å²) in [5, 5.41) is 0. The van der Waals surface area contributed by atoms with Crippen molar-refractivity contribution in [3.05, 3.63) is 53.0 Å². The van der Waals surface area contributed by atoms with E-state index < -0.39 is 0 Å². The summed E-state index contributed by atoms with van der Waals surface area (Å²) in [5.74, 6) is 2.36. The van der Waals surface area contributed by atoms with Crippen LogP contribution in [0.15, 0.2) is 30.3 Å². The molecular weight excluding hydrogens is 376 g/mol. The second kappa shape index (κ2) is 9.56. The zero-order valence-electron chi connectivity index (χ0n) is 18.1. The van der Waals surface area contributed by atoms with Crippen LogP contribution in [0.25, 0.3) is 0 Å². The Balaban J connectivity index is 1.55. The topological polar surface area (TPSA) is 58.6 Å². The third-order valence-corrected chi connectivity index (χ3v) is 6.24. The van der Waals surface area contributed by atoms with Gasteiger partial charge in [0.2, 0.25) is 5.91 Å². The number of amides is 1. The number of carbonyl (C=O) groups is 1. The van der Waals surface area contributed by atoms with Gasteiger partial charge in [-0.05, 0) is 38.2 Å². The van der Waals surface area contributed by atoms with Gasteiger partial charge >= 0.3 is 0 Å². The molecule has 2 aliphatic rings. The SMILES string of the molecule is COCCC(=O)N1CCC[C@@H](c2nc(C)c3c(n2)N(Cc2ccccc2)CCC3)C1. The van der Waals surface area contributed by atoms with Crippen LogP contribution in [0.5, 0.6) is 0 Å². The van der Waals surface area contributed by atoms with Crippen LogP contribution in [-0.4, -0.2) is 54.1 Å². The molecule has 0 saturated carbocycles. The molecular formula is C24H32N4O2. The number of hydrogen-bond acceptors (Lipinski definition) is 5. The zero-order chi connectivity index (χ0) is 20.9. The fourth-order valence-electron chi connectivity index (χ4n) is 4.61. The first-order chi connectivity index (χ1) is 14.7. The third kappa shape index (κ3) is 4.64. The average Bonchev–Trinajstić information content (AvgIpc) is 2.78. The van der Waals surface area contributed by atoms with Crippen molar-refractivity contribution in [1.82, 2.24) is 14.9 Å². The van der Waals surface area contributed by atoms with Gasteiger partial charge in [-0.2, -0.15) is 0 Å². The van der Waals surface area contributed by atoms with Gasteiger partial charge in [0.25, 0.3) is 0 Å². The number of ether oxygens (including phenoxy) is 1. The summed E-state index contributed by atoms with van der Waals surface area (Å²) in [4.78, 5) is 26.8. The van der Waals surface area contributed by atoms with Crippen LogP contribution < -0.4 is 4.90 Å². The van der Waals surface area contributed by atoms with Gasteiger partial charge in [0.05, 0.1) is 13.0 Å². The van der Waals surface area contributed by atoms with E-state index in [1.165, 1.54) is 11.1 Å². The molecule has 1 atom stereocenters. The molecule has 1 saturated heterocycles. The molecule has 6 nitrogen and oxygen atoms in total. The number of fused-ring (bicyclic) bond motifs is 1. The molecule has 0 unspecified atom stereocenters. The van der Waals surface area contributed by atoms with Crippen LogP contribution >= 0.6 is 0 Å². The van der Waals surface area contributed by atoms with Gasteiger partial charge in [0.1, 0.15) is 11.6 Å². The molecule has 1 fully saturated rings. The van der Waals surface area contributed by atoms with Gasteiger partial charge in [-0.15, -0.1) is 0 Å². The number of aryl methyl sites for hydroxylation is 1. The van der Waals surface area contributed by atoms with E-state index in [2.05, 4.69) is 42.2 Å². The highest BCUT2D eigenvalue weighted by atomic mass is 16.5. The minimum atomic E-state index is 0.168. The normalized spacial score (nSPS) is 18.9. The Morgan fingerprint density at radius 3 is 2.80 bits per heavy atom. The van der Waals surface area contributed by atoms with E-state index in [4.69, 9.17) is 14.7 Å². The Hall–Kier alpha value is -2.47. The Kier molecular flexibility index (Phi) is 6.62. The molecule has 6 heteroatoms. The molecule has 30 heavy (non-hydrogen) atoms. The molecule has 4 rings (SSSR count). The van der Waals surface area contributed by atoms with Gasteiger partial charge in [-0.1, -0.05) is 30.3 Å². The van der Waals surface area contributed by atoms with Gasteiger partial charge in [0.15, 0.2) is 0 Å². The van der Waals surface area contributed by atoms with Crippen LogP contribution in [0.4, 0.5) is 5.82 Å². The van der Waals surface area contributed by atoms with E-state index in [1.54, 1.807) is 7.11 Å². The van der Waals surface area contributed by atoms with Crippen molar-refractivity contribution < 1.29 is 9.53 Å². The second-order valence-corrected chi connectivity index (χ2v) is 8.40. The van der Waals surface area contributed by atoms with Crippen molar-refractivity contribution in [2.24, 2.45) is 0 Å². The Labute approximate surface area is 179 Å². The Morgan fingerprint density at radius 2 is 2.00 bits per heavy atom.